The summed E-state index contributed by atoms with van der Waals surface area (Å²) < 4.78 is 24.2. The number of hydrogen-bond acceptors (Lipinski definition) is 6. The van der Waals surface area contributed by atoms with Gasteiger partial charge in [0, 0.05) is 6.07 Å². The summed E-state index contributed by atoms with van der Waals surface area (Å²) in [5.41, 5.74) is -1.94. The Hall–Kier alpha value is -3.20. The minimum atomic E-state index is -1.20. The molecule has 0 saturated heterocycles. The van der Waals surface area contributed by atoms with E-state index in [4.69, 9.17) is 16.3 Å². The Bertz CT molecular complexity index is 905. The fourth-order valence-electron chi connectivity index (χ4n) is 2.31. The molecule has 142 valence electrons. The quantitative estimate of drug-likeness (QED) is 0.420. The maximum atomic E-state index is 14.8. The predicted molar refractivity (Wildman–Crippen MR) is 95.0 cm³/mol. The average molecular weight is 397 g/mol. The fourth-order valence-corrected chi connectivity index (χ4v) is 2.53. The summed E-state index contributed by atoms with van der Waals surface area (Å²) in [6, 6.07) is 7.43. The lowest BCUT2D eigenvalue weighted by Crippen LogP contribution is -2.29. The number of nitro benzene ring substituents is 1. The second kappa shape index (κ2) is 8.45. The molecule has 0 aliphatic heterocycles. The fraction of sp³-hybridized carbons (Fsp3) is 0.176. The van der Waals surface area contributed by atoms with Crippen LogP contribution in [0.1, 0.15) is 17.3 Å². The molecular formula is C17H14ClFN2O6. The number of hydrogen-bond donors (Lipinski definition) is 0. The van der Waals surface area contributed by atoms with E-state index < -0.39 is 34.2 Å². The number of esters is 1. The topological polar surface area (TPSA) is 99.0 Å². The van der Waals surface area contributed by atoms with Crippen molar-refractivity contribution in [2.45, 2.75) is 6.92 Å². The van der Waals surface area contributed by atoms with Crippen molar-refractivity contribution in [1.82, 2.24) is 0 Å². The van der Waals surface area contributed by atoms with Crippen LogP contribution in [0.2, 0.25) is 5.02 Å². The van der Waals surface area contributed by atoms with Crippen molar-refractivity contribution in [3.63, 3.8) is 0 Å². The summed E-state index contributed by atoms with van der Waals surface area (Å²) in [6.45, 7) is 1.46. The van der Waals surface area contributed by atoms with Gasteiger partial charge in [0.25, 0.3) is 5.69 Å². The van der Waals surface area contributed by atoms with Crippen LogP contribution in [-0.4, -0.2) is 30.7 Å². The maximum absolute atomic E-state index is 14.8. The van der Waals surface area contributed by atoms with Gasteiger partial charge in [0.1, 0.15) is 0 Å². The normalized spacial score (nSPS) is 10.2. The summed E-state index contributed by atoms with van der Waals surface area (Å²) in [5, 5.41) is 11.6. The molecule has 0 saturated carbocycles. The first kappa shape index (κ1) is 20.1. The van der Waals surface area contributed by atoms with E-state index in [1.807, 2.05) is 0 Å². The third-order valence-corrected chi connectivity index (χ3v) is 3.75. The van der Waals surface area contributed by atoms with Crippen molar-refractivity contribution >= 4 is 40.7 Å². The molecule has 0 spiro atoms. The Balaban J connectivity index is 2.79. The molecule has 0 aliphatic carbocycles. The van der Waals surface area contributed by atoms with Crippen LogP contribution in [0.5, 0.6) is 0 Å². The predicted octanol–water partition coefficient (Wildman–Crippen LogP) is 4.47. The summed E-state index contributed by atoms with van der Waals surface area (Å²) >= 11 is 6.09. The highest BCUT2D eigenvalue weighted by Crippen LogP contribution is 2.40. The van der Waals surface area contributed by atoms with Crippen LogP contribution in [0.15, 0.2) is 36.4 Å². The number of rotatable bonds is 5. The molecule has 2 aromatic rings. The Morgan fingerprint density at radius 3 is 2.52 bits per heavy atom. The van der Waals surface area contributed by atoms with Crippen LogP contribution in [0.3, 0.4) is 0 Å². The zero-order valence-electron chi connectivity index (χ0n) is 14.3. The monoisotopic (exact) mass is 396 g/mol. The molecule has 2 aromatic carbocycles. The van der Waals surface area contributed by atoms with Gasteiger partial charge in [-0.05, 0) is 25.1 Å². The third-order valence-electron chi connectivity index (χ3n) is 3.43. The van der Waals surface area contributed by atoms with E-state index in [1.54, 1.807) is 6.07 Å². The number of para-hydroxylation sites is 1. The lowest BCUT2D eigenvalue weighted by atomic mass is 10.1. The molecular weight excluding hydrogens is 383 g/mol. The molecule has 2 rings (SSSR count). The van der Waals surface area contributed by atoms with E-state index >= 15 is 0 Å². The van der Waals surface area contributed by atoms with Gasteiger partial charge in [-0.25, -0.2) is 18.9 Å². The minimum Gasteiger partial charge on any atom is -0.465 e. The van der Waals surface area contributed by atoms with E-state index in [-0.39, 0.29) is 22.9 Å². The highest BCUT2D eigenvalue weighted by atomic mass is 35.5. The Kier molecular flexibility index (Phi) is 6.30. The summed E-state index contributed by atoms with van der Waals surface area (Å²) in [5.74, 6) is -2.17. The molecule has 0 heterocycles. The van der Waals surface area contributed by atoms with Crippen molar-refractivity contribution in [3.8, 4) is 0 Å². The summed E-state index contributed by atoms with van der Waals surface area (Å²) in [7, 11) is 1.05. The number of halogens is 2. The molecule has 0 unspecified atom stereocenters. The van der Waals surface area contributed by atoms with Crippen molar-refractivity contribution in [2.75, 3.05) is 18.6 Å². The zero-order valence-corrected chi connectivity index (χ0v) is 15.0. The molecule has 10 heteroatoms. The van der Waals surface area contributed by atoms with E-state index in [2.05, 4.69) is 4.74 Å². The van der Waals surface area contributed by atoms with E-state index in [1.165, 1.54) is 25.1 Å². The van der Waals surface area contributed by atoms with Crippen LogP contribution in [0.4, 0.5) is 26.2 Å². The average Bonchev–Trinajstić information content (AvgIpc) is 2.63. The molecule has 0 aromatic heterocycles. The Labute approximate surface area is 158 Å². The second-order valence-electron chi connectivity index (χ2n) is 5.06. The highest BCUT2D eigenvalue weighted by molar-refractivity contribution is 6.34. The smallest absolute Gasteiger partial charge is 0.419 e. The molecule has 0 aliphatic rings. The number of nitro groups is 1. The van der Waals surface area contributed by atoms with Crippen LogP contribution in [-0.2, 0) is 9.47 Å². The van der Waals surface area contributed by atoms with Crippen molar-refractivity contribution in [3.05, 3.63) is 62.9 Å². The van der Waals surface area contributed by atoms with Crippen LogP contribution in [0.25, 0.3) is 0 Å². The number of ether oxygens (including phenoxy) is 2. The molecule has 1 amide bonds. The number of amides is 1. The van der Waals surface area contributed by atoms with Crippen molar-refractivity contribution < 1.29 is 28.4 Å². The first-order valence-corrected chi connectivity index (χ1v) is 7.97. The summed E-state index contributed by atoms with van der Waals surface area (Å²) in [6.07, 6.45) is -1.07. The number of benzene rings is 2. The zero-order chi connectivity index (χ0) is 20.1. The van der Waals surface area contributed by atoms with E-state index in [0.29, 0.717) is 4.90 Å². The molecule has 0 radical (unpaired) electrons. The summed E-state index contributed by atoms with van der Waals surface area (Å²) in [4.78, 5) is 35.4. The third kappa shape index (κ3) is 4.14. The second-order valence-corrected chi connectivity index (χ2v) is 5.47. The SMILES string of the molecule is CCOC(=O)N(c1ccccc1Cl)c1c(F)cc(C(=O)OC)cc1[N+](=O)[O-]. The van der Waals surface area contributed by atoms with Gasteiger partial charge in [-0.15, -0.1) is 0 Å². The molecule has 0 N–H and O–H groups in total. The number of carbonyl (C=O) groups excluding carboxylic acids is 2. The first-order valence-electron chi connectivity index (χ1n) is 7.59. The molecule has 8 nitrogen and oxygen atoms in total. The number of carbonyl (C=O) groups is 2. The van der Waals surface area contributed by atoms with Crippen LogP contribution >= 0.6 is 11.6 Å². The largest absolute Gasteiger partial charge is 0.465 e. The van der Waals surface area contributed by atoms with Gasteiger partial charge in [0.15, 0.2) is 11.5 Å². The number of nitrogens with zero attached hydrogens (tertiary/aromatic N) is 2. The number of methoxy groups -OCH3 is 1. The van der Waals surface area contributed by atoms with E-state index in [9.17, 15) is 24.1 Å². The Morgan fingerprint density at radius 2 is 1.96 bits per heavy atom. The highest BCUT2D eigenvalue weighted by Gasteiger charge is 2.33. The van der Waals surface area contributed by atoms with Crippen molar-refractivity contribution in [1.29, 1.82) is 0 Å². The molecule has 0 fully saturated rings. The molecule has 0 atom stereocenters. The Morgan fingerprint density at radius 1 is 1.30 bits per heavy atom. The van der Waals surface area contributed by atoms with Gasteiger partial charge in [-0.2, -0.15) is 0 Å². The standard InChI is InChI=1S/C17H14ClFN2O6/c1-3-27-17(23)20(13-7-5-4-6-11(13)18)15-12(19)8-10(16(22)26-2)9-14(15)21(24)25/h4-9H,3H2,1-2H3. The molecule has 0 bridgehead atoms. The molecule has 27 heavy (non-hydrogen) atoms. The minimum absolute atomic E-state index is 0.0227. The number of anilines is 2. The van der Waals surface area contributed by atoms with Gasteiger partial charge in [0.05, 0.1) is 34.9 Å². The van der Waals surface area contributed by atoms with Gasteiger partial charge < -0.3 is 9.47 Å². The maximum Gasteiger partial charge on any atom is 0.419 e. The van der Waals surface area contributed by atoms with Gasteiger partial charge in [0.2, 0.25) is 0 Å². The lowest BCUT2D eigenvalue weighted by Gasteiger charge is -2.23. The van der Waals surface area contributed by atoms with Crippen molar-refractivity contribution in [2.24, 2.45) is 0 Å². The van der Waals surface area contributed by atoms with Crippen LogP contribution < -0.4 is 4.90 Å². The van der Waals surface area contributed by atoms with Gasteiger partial charge in [-0.3, -0.25) is 10.1 Å². The van der Waals surface area contributed by atoms with Gasteiger partial charge >= 0.3 is 12.1 Å². The first-order chi connectivity index (χ1) is 12.8. The van der Waals surface area contributed by atoms with Crippen LogP contribution in [0, 0.1) is 15.9 Å². The lowest BCUT2D eigenvalue weighted by molar-refractivity contribution is -0.384. The van der Waals surface area contributed by atoms with E-state index in [0.717, 1.165) is 19.2 Å². The van der Waals surface area contributed by atoms with Gasteiger partial charge in [-0.1, -0.05) is 23.7 Å².